The molecule has 2 aromatic heterocycles. The second-order valence-corrected chi connectivity index (χ2v) is 12.4. The van der Waals surface area contributed by atoms with Gasteiger partial charge >= 0.3 is 0 Å². The molecule has 12 heteroatoms. The Bertz CT molecular complexity index is 1850. The van der Waals surface area contributed by atoms with E-state index < -0.39 is 39.1 Å². The van der Waals surface area contributed by atoms with Crippen LogP contribution in [0.15, 0.2) is 48.5 Å². The number of pyridine rings is 1. The zero-order valence-electron chi connectivity index (χ0n) is 23.0. The highest BCUT2D eigenvalue weighted by atomic mass is 32.2. The van der Waals surface area contributed by atoms with Gasteiger partial charge in [0.15, 0.2) is 5.82 Å². The van der Waals surface area contributed by atoms with Gasteiger partial charge in [-0.1, -0.05) is 18.1 Å². The maximum absolute atomic E-state index is 14.1. The van der Waals surface area contributed by atoms with Crippen molar-refractivity contribution in [2.45, 2.75) is 43.6 Å². The highest BCUT2D eigenvalue weighted by molar-refractivity contribution is 7.92. The summed E-state index contributed by atoms with van der Waals surface area (Å²) in [6.07, 6.45) is 2.89. The molecule has 1 saturated carbocycles. The Morgan fingerprint density at radius 1 is 1.17 bits per heavy atom. The van der Waals surface area contributed by atoms with Crippen LogP contribution in [0.1, 0.15) is 48.6 Å². The van der Waals surface area contributed by atoms with E-state index in [4.69, 9.17) is 10.7 Å². The lowest BCUT2D eigenvalue weighted by molar-refractivity contribution is -0.118. The number of hydrogen-bond acceptors (Lipinski definition) is 6. The molecule has 4 aromatic rings. The maximum Gasteiger partial charge on any atom is 0.231 e. The average molecular weight is 594 g/mol. The lowest BCUT2D eigenvalue weighted by atomic mass is 9.81. The number of sulfonamides is 1. The molecule has 0 unspecified atom stereocenters. The number of rotatable bonds is 8. The Morgan fingerprint density at radius 2 is 1.88 bits per heavy atom. The smallest absolute Gasteiger partial charge is 0.231 e. The third-order valence-corrected chi connectivity index (χ3v) is 7.77. The number of nitrogens with one attached hydrogen (secondary N) is 1. The Labute approximate surface area is 241 Å². The van der Waals surface area contributed by atoms with E-state index >= 15 is 0 Å². The van der Waals surface area contributed by atoms with Crippen LogP contribution in [-0.4, -0.2) is 46.1 Å². The van der Waals surface area contributed by atoms with Crippen LogP contribution in [-0.2, 0) is 28.3 Å². The number of nitrogens with two attached hydrogens (primary N) is 1. The molecule has 1 atom stereocenters. The average Bonchev–Trinajstić information content (AvgIpc) is 3.18. The molecule has 5 rings (SSSR count). The van der Waals surface area contributed by atoms with Gasteiger partial charge in [-0.15, -0.1) is 0 Å². The van der Waals surface area contributed by atoms with E-state index in [1.54, 1.807) is 37.4 Å². The van der Waals surface area contributed by atoms with E-state index in [-0.39, 0.29) is 18.7 Å². The number of amides is 1. The van der Waals surface area contributed by atoms with Gasteiger partial charge in [-0.2, -0.15) is 5.10 Å². The summed E-state index contributed by atoms with van der Waals surface area (Å²) in [4.78, 5) is 17.0. The van der Waals surface area contributed by atoms with Gasteiger partial charge in [0.2, 0.25) is 15.9 Å². The van der Waals surface area contributed by atoms with Crippen LogP contribution in [0.3, 0.4) is 0 Å². The molecule has 0 spiro atoms. The number of hydrogen-bond donors (Lipinski definition) is 3. The number of carbonyl (C=O) groups is 1. The summed E-state index contributed by atoms with van der Waals surface area (Å²) >= 11 is 0. The van der Waals surface area contributed by atoms with Crippen molar-refractivity contribution in [1.29, 1.82) is 0 Å². The number of aromatic nitrogens is 3. The van der Waals surface area contributed by atoms with Crippen LogP contribution in [0.25, 0.3) is 22.0 Å². The first-order valence-electron chi connectivity index (χ1n) is 13.2. The first kappa shape index (κ1) is 29.2. The van der Waals surface area contributed by atoms with Crippen molar-refractivity contribution >= 4 is 32.7 Å². The molecule has 2 heterocycles. The summed E-state index contributed by atoms with van der Waals surface area (Å²) in [5.41, 5.74) is 7.40. The van der Waals surface area contributed by atoms with Gasteiger partial charge in [-0.3, -0.25) is 14.2 Å². The second-order valence-electron chi connectivity index (χ2n) is 10.7. The lowest BCUT2D eigenvalue weighted by Crippen LogP contribution is -2.34. The van der Waals surface area contributed by atoms with Gasteiger partial charge in [0.25, 0.3) is 0 Å². The van der Waals surface area contributed by atoms with Gasteiger partial charge in [0.1, 0.15) is 22.9 Å². The number of aryl methyl sites for hydroxylation is 1. The minimum absolute atomic E-state index is 0.0423. The number of anilines is 1. The molecule has 0 radical (unpaired) electrons. The third kappa shape index (κ3) is 6.42. The lowest BCUT2D eigenvalue weighted by Gasteiger charge is -2.30. The SMILES string of the molecule is Cn1nc(NS(C)(=O)=O)c2cccc(-c3ccc(C#CC4(O)CCC4)nc3[C@H](CC(N)=O)Cc3cc(F)cc(F)c3)c21. The summed E-state index contributed by atoms with van der Waals surface area (Å²) in [5.74, 6) is 3.11. The number of carbonyl (C=O) groups excluding carboxylic acids is 1. The molecule has 1 aliphatic rings. The molecule has 0 bridgehead atoms. The van der Waals surface area contributed by atoms with E-state index in [0.717, 1.165) is 18.7 Å². The minimum atomic E-state index is -3.62. The van der Waals surface area contributed by atoms with Gasteiger partial charge in [0.05, 0.1) is 17.5 Å². The third-order valence-electron chi connectivity index (χ3n) is 7.20. The fourth-order valence-electron chi connectivity index (χ4n) is 5.23. The molecule has 9 nitrogen and oxygen atoms in total. The van der Waals surface area contributed by atoms with Crippen molar-refractivity contribution in [2.75, 3.05) is 11.0 Å². The number of benzene rings is 2. The van der Waals surface area contributed by atoms with E-state index in [1.165, 1.54) is 16.8 Å². The van der Waals surface area contributed by atoms with E-state index in [2.05, 4.69) is 21.7 Å². The van der Waals surface area contributed by atoms with Gasteiger partial charge in [-0.25, -0.2) is 22.2 Å². The normalized spacial score (nSPS) is 15.0. The van der Waals surface area contributed by atoms with Crippen LogP contribution in [0.4, 0.5) is 14.6 Å². The summed E-state index contributed by atoms with van der Waals surface area (Å²) in [7, 11) is -1.95. The molecule has 0 aliphatic heterocycles. The monoisotopic (exact) mass is 593 g/mol. The van der Waals surface area contributed by atoms with E-state index in [9.17, 15) is 27.1 Å². The molecule has 0 saturated heterocycles. The van der Waals surface area contributed by atoms with E-state index in [0.29, 0.717) is 51.8 Å². The zero-order chi connectivity index (χ0) is 30.2. The molecule has 42 heavy (non-hydrogen) atoms. The fourth-order valence-corrected chi connectivity index (χ4v) is 5.73. The summed E-state index contributed by atoms with van der Waals surface area (Å²) in [6.45, 7) is 0. The minimum Gasteiger partial charge on any atom is -0.378 e. The number of nitrogens with zero attached hydrogens (tertiary/aromatic N) is 3. The Hall–Kier alpha value is -4.34. The van der Waals surface area contributed by atoms with Gasteiger partial charge < -0.3 is 10.8 Å². The predicted molar refractivity (Wildman–Crippen MR) is 155 cm³/mol. The topological polar surface area (TPSA) is 140 Å². The fraction of sp³-hybridized carbons (Fsp3) is 0.300. The number of primary amides is 1. The van der Waals surface area contributed by atoms with Gasteiger partial charge in [0, 0.05) is 42.0 Å². The van der Waals surface area contributed by atoms with Crippen molar-refractivity contribution in [3.05, 3.63) is 77.1 Å². The number of halogens is 2. The van der Waals surface area contributed by atoms with Crippen molar-refractivity contribution < 1.29 is 27.1 Å². The van der Waals surface area contributed by atoms with Gasteiger partial charge in [-0.05, 0) is 67.5 Å². The molecule has 1 fully saturated rings. The quantitative estimate of drug-likeness (QED) is 0.266. The zero-order valence-corrected chi connectivity index (χ0v) is 23.8. The second kappa shape index (κ2) is 11.2. The predicted octanol–water partition coefficient (Wildman–Crippen LogP) is 3.75. The summed E-state index contributed by atoms with van der Waals surface area (Å²) < 4.78 is 56.1. The van der Waals surface area contributed by atoms with Crippen LogP contribution >= 0.6 is 0 Å². The summed E-state index contributed by atoms with van der Waals surface area (Å²) in [6, 6.07) is 11.9. The largest absolute Gasteiger partial charge is 0.378 e. The van der Waals surface area contributed by atoms with Crippen LogP contribution < -0.4 is 10.5 Å². The highest BCUT2D eigenvalue weighted by Gasteiger charge is 2.32. The summed E-state index contributed by atoms with van der Waals surface area (Å²) in [5, 5.41) is 15.4. The Kier molecular flexibility index (Phi) is 7.74. The molecule has 4 N–H and O–H groups in total. The van der Waals surface area contributed by atoms with Crippen LogP contribution in [0.5, 0.6) is 0 Å². The first-order valence-corrected chi connectivity index (χ1v) is 15.1. The maximum atomic E-state index is 14.1. The number of para-hydroxylation sites is 1. The van der Waals surface area contributed by atoms with Crippen molar-refractivity contribution in [3.63, 3.8) is 0 Å². The molecule has 1 amide bonds. The molecule has 218 valence electrons. The standard InChI is InChI=1S/C30H29F2N5O4S/c1-37-28-24(5-3-6-25(28)29(35-37)36-42(2,40)41)23-8-7-22(9-12-30(39)10-4-11-30)34-27(23)19(16-26(33)38)13-18-14-20(31)17-21(32)15-18/h3,5-8,14-15,17,19,39H,4,10-11,13,16H2,1-2H3,(H2,33,38)(H,35,36)/t19-/m0/s1. The van der Waals surface area contributed by atoms with Crippen LogP contribution in [0.2, 0.25) is 0 Å². The highest BCUT2D eigenvalue weighted by Crippen LogP contribution is 2.38. The molecular formula is C30H29F2N5O4S. The Balaban J connectivity index is 1.70. The first-order chi connectivity index (χ1) is 19.8. The van der Waals surface area contributed by atoms with Crippen molar-refractivity contribution in [2.24, 2.45) is 12.8 Å². The number of aliphatic hydroxyl groups is 1. The Morgan fingerprint density at radius 3 is 2.50 bits per heavy atom. The van der Waals surface area contributed by atoms with Crippen molar-refractivity contribution in [1.82, 2.24) is 14.8 Å². The molecule has 1 aliphatic carbocycles. The molecular weight excluding hydrogens is 564 g/mol. The van der Waals surface area contributed by atoms with Crippen molar-refractivity contribution in [3.8, 4) is 23.0 Å². The van der Waals surface area contributed by atoms with Crippen LogP contribution in [0, 0.1) is 23.5 Å². The molecule has 2 aromatic carbocycles. The van der Waals surface area contributed by atoms with E-state index in [1.807, 2.05) is 0 Å². The number of fused-ring (bicyclic) bond motifs is 1.